The molecule has 14 heteroatoms. The topological polar surface area (TPSA) is 69.2 Å². The molecule has 0 bridgehead atoms. The highest BCUT2D eigenvalue weighted by Crippen LogP contribution is 2.78. The lowest BCUT2D eigenvalue weighted by atomic mass is 9.61. The second kappa shape index (κ2) is 8.38. The summed E-state index contributed by atoms with van der Waals surface area (Å²) in [7, 11) is -4.72. The second-order valence-corrected chi connectivity index (χ2v) is 12.2. The maximum Gasteiger partial charge on any atom is 0.397 e. The van der Waals surface area contributed by atoms with Crippen LogP contribution in [0.2, 0.25) is 0 Å². The number of hydrogen-bond donors (Lipinski definition) is 0. The van der Waals surface area contributed by atoms with E-state index < -0.39 is 76.1 Å². The molecule has 2 atom stereocenters. The van der Waals surface area contributed by atoms with Gasteiger partial charge in [0.2, 0.25) is 0 Å². The molecule has 5 nitrogen and oxygen atoms in total. The van der Waals surface area contributed by atoms with Crippen LogP contribution in [0.1, 0.15) is 42.7 Å². The molecule has 2 aromatic heterocycles. The first-order chi connectivity index (χ1) is 16.0. The first-order valence-electron chi connectivity index (χ1n) is 10.3. The van der Waals surface area contributed by atoms with Gasteiger partial charge in [-0.05, 0) is 75.2 Å². The van der Waals surface area contributed by atoms with Gasteiger partial charge in [-0.3, -0.25) is 4.18 Å². The van der Waals surface area contributed by atoms with Crippen molar-refractivity contribution in [2.24, 2.45) is 10.8 Å². The summed E-state index contributed by atoms with van der Waals surface area (Å²) in [5.74, 6) is -2.09. The van der Waals surface area contributed by atoms with E-state index in [4.69, 9.17) is 4.18 Å². The van der Waals surface area contributed by atoms with Crippen LogP contribution in [-0.4, -0.2) is 37.0 Å². The third kappa shape index (κ3) is 4.42. The van der Waals surface area contributed by atoms with E-state index >= 15 is 0 Å². The lowest BCUT2D eigenvalue weighted by Crippen LogP contribution is -2.56. The van der Waals surface area contributed by atoms with Crippen LogP contribution in [0, 0.1) is 10.8 Å². The molecule has 35 heavy (non-hydrogen) atoms. The van der Waals surface area contributed by atoms with Crippen LogP contribution < -0.4 is 0 Å². The molecule has 2 saturated carbocycles. The third-order valence-corrected chi connectivity index (χ3v) is 8.34. The lowest BCUT2D eigenvalue weighted by Gasteiger charge is -2.49. The Labute approximate surface area is 214 Å². The lowest BCUT2D eigenvalue weighted by molar-refractivity contribution is -0.267. The van der Waals surface area contributed by atoms with Gasteiger partial charge >= 0.3 is 12.4 Å². The Morgan fingerprint density at radius 1 is 0.886 bits per heavy atom. The quantitative estimate of drug-likeness (QED) is 0.191. The van der Waals surface area contributed by atoms with Crippen LogP contribution in [0.5, 0.6) is 0 Å². The fourth-order valence-electron chi connectivity index (χ4n) is 5.09. The highest BCUT2D eigenvalue weighted by molar-refractivity contribution is 9.10. The normalized spacial score (nSPS) is 21.7. The monoisotopic (exact) mass is 650 g/mol. The number of rotatable bonds is 7. The molecule has 2 heterocycles. The molecule has 0 radical (unpaired) electrons. The maximum absolute atomic E-state index is 14.8. The summed E-state index contributed by atoms with van der Waals surface area (Å²) in [6.07, 6.45) is -9.77. The van der Waals surface area contributed by atoms with Crippen LogP contribution >= 0.6 is 31.9 Å². The zero-order valence-electron chi connectivity index (χ0n) is 17.9. The molecule has 0 spiro atoms. The molecule has 0 amide bonds. The van der Waals surface area contributed by atoms with Crippen LogP contribution in [-0.2, 0) is 19.9 Å². The van der Waals surface area contributed by atoms with E-state index in [2.05, 4.69) is 41.8 Å². The predicted molar refractivity (Wildman–Crippen MR) is 120 cm³/mol. The molecule has 2 aromatic rings. The van der Waals surface area contributed by atoms with Gasteiger partial charge in [0, 0.05) is 23.9 Å². The van der Waals surface area contributed by atoms with Crippen LogP contribution in [0.25, 0.3) is 0 Å². The second-order valence-electron chi connectivity index (χ2n) is 8.97. The average molecular weight is 652 g/mol. The number of halogens is 8. The summed E-state index contributed by atoms with van der Waals surface area (Å²) in [6.45, 7) is 0. The Kier molecular flexibility index (Phi) is 6.42. The van der Waals surface area contributed by atoms with Crippen molar-refractivity contribution in [3.05, 3.63) is 57.0 Å². The Bertz CT molecular complexity index is 1210. The molecule has 0 aliphatic heterocycles. The first kappa shape index (κ1) is 26.8. The summed E-state index contributed by atoms with van der Waals surface area (Å²) in [4.78, 5) is 7.87. The molecule has 2 unspecified atom stereocenters. The van der Waals surface area contributed by atoms with E-state index in [0.717, 1.165) is 18.5 Å². The number of pyridine rings is 2. The fourth-order valence-corrected chi connectivity index (χ4v) is 6.39. The molecular formula is C21H18Br2F6N2O3S. The van der Waals surface area contributed by atoms with Crippen molar-refractivity contribution >= 4 is 42.0 Å². The van der Waals surface area contributed by atoms with Crippen molar-refractivity contribution in [1.29, 1.82) is 0 Å². The van der Waals surface area contributed by atoms with Crippen molar-refractivity contribution < 1.29 is 38.9 Å². The zero-order valence-corrected chi connectivity index (χ0v) is 21.9. The van der Waals surface area contributed by atoms with Crippen LogP contribution in [0.4, 0.5) is 26.3 Å². The third-order valence-electron chi connectivity index (χ3n) is 6.84. The van der Waals surface area contributed by atoms with Gasteiger partial charge < -0.3 is 0 Å². The van der Waals surface area contributed by atoms with Crippen molar-refractivity contribution in [2.45, 2.75) is 49.6 Å². The molecule has 192 valence electrons. The minimum absolute atomic E-state index is 0.199. The standard InChI is InChI=1S/C21H18Br2F6N2O3S/c1-35(32,33)34-19(13-3-5-15(23)31-11-13,18(8-9-18)21(27,28)29)16(12-2-4-14(22)30-10-12)17(6-7-17)20(24,25)26/h2-5,10-11,16H,6-9H2,1H3. The highest BCUT2D eigenvalue weighted by Gasteiger charge is 2.83. The molecule has 4 rings (SSSR count). The van der Waals surface area contributed by atoms with Gasteiger partial charge in [0.25, 0.3) is 10.1 Å². The molecule has 2 aliphatic rings. The Balaban J connectivity index is 2.16. The van der Waals surface area contributed by atoms with E-state index in [1.807, 2.05) is 0 Å². The van der Waals surface area contributed by atoms with Gasteiger partial charge in [0.1, 0.15) is 20.2 Å². The molecular weight excluding hydrogens is 634 g/mol. The molecule has 0 aromatic carbocycles. The van der Waals surface area contributed by atoms with E-state index in [0.29, 0.717) is 6.26 Å². The van der Waals surface area contributed by atoms with Crippen molar-refractivity contribution in [3.8, 4) is 0 Å². The van der Waals surface area contributed by atoms with Crippen LogP contribution in [0.15, 0.2) is 45.9 Å². The van der Waals surface area contributed by atoms with E-state index in [-0.39, 0.29) is 14.8 Å². The van der Waals surface area contributed by atoms with Gasteiger partial charge in [-0.15, -0.1) is 0 Å². The molecule has 2 aliphatic carbocycles. The minimum atomic E-state index is -5.09. The fraction of sp³-hybridized carbons (Fsp3) is 0.524. The highest BCUT2D eigenvalue weighted by atomic mass is 79.9. The maximum atomic E-state index is 14.8. The summed E-state index contributed by atoms with van der Waals surface area (Å²) in [5.41, 5.74) is -9.19. The number of aromatic nitrogens is 2. The SMILES string of the molecule is CS(=O)(=O)OC(c1ccc(Br)nc1)(C(c1ccc(Br)nc1)C1(C(F)(F)F)CC1)C1(C(F)(F)F)CC1. The van der Waals surface area contributed by atoms with Gasteiger partial charge in [-0.25, -0.2) is 9.97 Å². The van der Waals surface area contributed by atoms with E-state index in [9.17, 15) is 34.8 Å². The van der Waals surface area contributed by atoms with Crippen molar-refractivity contribution in [3.63, 3.8) is 0 Å². The Hall–Kier alpha value is -1.25. The average Bonchev–Trinajstić information content (AvgIpc) is 3.61. The van der Waals surface area contributed by atoms with E-state index in [1.165, 1.54) is 18.2 Å². The Morgan fingerprint density at radius 3 is 1.77 bits per heavy atom. The van der Waals surface area contributed by atoms with Crippen molar-refractivity contribution in [2.75, 3.05) is 6.26 Å². The smallest absolute Gasteiger partial charge is 0.257 e. The molecule has 2 fully saturated rings. The summed E-state index contributed by atoms with van der Waals surface area (Å²) in [5, 5.41) is 0. The summed E-state index contributed by atoms with van der Waals surface area (Å²) >= 11 is 6.15. The van der Waals surface area contributed by atoms with Gasteiger partial charge in [-0.1, -0.05) is 12.1 Å². The first-order valence-corrected chi connectivity index (χ1v) is 13.7. The molecule has 0 saturated heterocycles. The summed E-state index contributed by atoms with van der Waals surface area (Å²) < 4.78 is 119. The van der Waals surface area contributed by atoms with Gasteiger partial charge in [-0.2, -0.15) is 34.8 Å². The van der Waals surface area contributed by atoms with Gasteiger partial charge in [0.15, 0.2) is 0 Å². The van der Waals surface area contributed by atoms with Crippen LogP contribution in [0.3, 0.4) is 0 Å². The number of nitrogens with zero attached hydrogens (tertiary/aromatic N) is 2. The predicted octanol–water partition coefficient (Wildman–Crippen LogP) is 6.64. The summed E-state index contributed by atoms with van der Waals surface area (Å²) in [6, 6.07) is 4.88. The van der Waals surface area contributed by atoms with E-state index in [1.54, 1.807) is 0 Å². The zero-order chi connectivity index (χ0) is 26.1. The minimum Gasteiger partial charge on any atom is -0.257 e. The number of alkyl halides is 6. The number of hydrogen-bond acceptors (Lipinski definition) is 5. The van der Waals surface area contributed by atoms with Crippen molar-refractivity contribution in [1.82, 2.24) is 9.97 Å². The Morgan fingerprint density at radius 2 is 1.43 bits per heavy atom. The molecule has 0 N–H and O–H groups in total. The largest absolute Gasteiger partial charge is 0.397 e. The van der Waals surface area contributed by atoms with Gasteiger partial charge in [0.05, 0.1) is 11.7 Å².